The molecule has 1 heterocycles. The summed E-state index contributed by atoms with van der Waals surface area (Å²) in [7, 11) is -2.45. The number of benzene rings is 1. The molecule has 1 aromatic heterocycles. The summed E-state index contributed by atoms with van der Waals surface area (Å²) < 4.78 is 26.0. The van der Waals surface area contributed by atoms with E-state index in [1.54, 1.807) is 38.1 Å². The number of carbonyl (C=O) groups is 1. The number of sulfonamides is 1. The molecule has 1 amide bonds. The molecule has 0 saturated carbocycles. The number of hydrogen-bond acceptors (Lipinski definition) is 6. The third-order valence-corrected chi connectivity index (χ3v) is 6.15. The SMILES string of the molecule is CC(C)C(=O)Nc1nnc(S(=O)(=O)N(C)c2ccc(Cl)cc2)s1. The Bertz CT molecular complexity index is 803. The van der Waals surface area contributed by atoms with E-state index in [0.717, 1.165) is 15.6 Å². The average molecular weight is 375 g/mol. The zero-order chi connectivity index (χ0) is 17.2. The van der Waals surface area contributed by atoms with E-state index in [4.69, 9.17) is 11.6 Å². The predicted molar refractivity (Wildman–Crippen MR) is 90.4 cm³/mol. The maximum absolute atomic E-state index is 12.5. The molecule has 23 heavy (non-hydrogen) atoms. The summed E-state index contributed by atoms with van der Waals surface area (Å²) in [4.78, 5) is 11.6. The monoisotopic (exact) mass is 374 g/mol. The van der Waals surface area contributed by atoms with Gasteiger partial charge in [0.1, 0.15) is 0 Å². The fraction of sp³-hybridized carbons (Fsp3) is 0.308. The topological polar surface area (TPSA) is 92.3 Å². The first kappa shape index (κ1) is 17.6. The third-order valence-electron chi connectivity index (χ3n) is 2.93. The van der Waals surface area contributed by atoms with Crippen molar-refractivity contribution in [3.05, 3.63) is 29.3 Å². The van der Waals surface area contributed by atoms with Crippen LogP contribution in [0.4, 0.5) is 10.8 Å². The number of nitrogens with one attached hydrogen (secondary N) is 1. The Morgan fingerprint density at radius 3 is 2.43 bits per heavy atom. The smallest absolute Gasteiger partial charge is 0.293 e. The highest BCUT2D eigenvalue weighted by atomic mass is 35.5. The first-order chi connectivity index (χ1) is 10.7. The summed E-state index contributed by atoms with van der Waals surface area (Å²) in [5.41, 5.74) is 0.442. The van der Waals surface area contributed by atoms with Gasteiger partial charge in [-0.25, -0.2) is 0 Å². The van der Waals surface area contributed by atoms with Crippen molar-refractivity contribution in [3.8, 4) is 0 Å². The molecule has 0 aliphatic rings. The lowest BCUT2D eigenvalue weighted by atomic mass is 10.2. The highest BCUT2D eigenvalue weighted by Crippen LogP contribution is 2.27. The van der Waals surface area contributed by atoms with Gasteiger partial charge in [-0.3, -0.25) is 9.10 Å². The molecule has 2 rings (SSSR count). The fourth-order valence-corrected chi connectivity index (χ4v) is 3.90. The Kier molecular flexibility index (Phi) is 5.23. The normalized spacial score (nSPS) is 11.5. The Morgan fingerprint density at radius 1 is 1.26 bits per heavy atom. The van der Waals surface area contributed by atoms with Crippen molar-refractivity contribution in [2.45, 2.75) is 18.2 Å². The van der Waals surface area contributed by atoms with Gasteiger partial charge in [0, 0.05) is 18.0 Å². The van der Waals surface area contributed by atoms with Gasteiger partial charge in [-0.2, -0.15) is 8.42 Å². The van der Waals surface area contributed by atoms with Crippen molar-refractivity contribution in [2.24, 2.45) is 5.92 Å². The zero-order valence-electron chi connectivity index (χ0n) is 12.6. The van der Waals surface area contributed by atoms with E-state index in [2.05, 4.69) is 15.5 Å². The molecule has 10 heteroatoms. The van der Waals surface area contributed by atoms with Crippen LogP contribution < -0.4 is 9.62 Å². The van der Waals surface area contributed by atoms with Gasteiger partial charge in [0.25, 0.3) is 14.4 Å². The van der Waals surface area contributed by atoms with Crippen LogP contribution in [0.2, 0.25) is 5.02 Å². The highest BCUT2D eigenvalue weighted by Gasteiger charge is 2.26. The van der Waals surface area contributed by atoms with Crippen LogP contribution in [0.1, 0.15) is 13.8 Å². The number of amides is 1. The van der Waals surface area contributed by atoms with Crippen LogP contribution in [0.3, 0.4) is 0 Å². The van der Waals surface area contributed by atoms with Crippen molar-refractivity contribution >= 4 is 49.7 Å². The second-order valence-corrected chi connectivity index (χ2v) is 8.52. The molecule has 0 aliphatic carbocycles. The van der Waals surface area contributed by atoms with E-state index in [1.807, 2.05) is 0 Å². The number of aromatic nitrogens is 2. The van der Waals surface area contributed by atoms with Crippen molar-refractivity contribution in [3.63, 3.8) is 0 Å². The van der Waals surface area contributed by atoms with Gasteiger partial charge in [-0.15, -0.1) is 10.2 Å². The molecule has 7 nitrogen and oxygen atoms in total. The molecule has 0 aliphatic heterocycles. The Morgan fingerprint density at radius 2 is 1.87 bits per heavy atom. The van der Waals surface area contributed by atoms with Crippen molar-refractivity contribution < 1.29 is 13.2 Å². The first-order valence-corrected chi connectivity index (χ1v) is 9.24. The minimum absolute atomic E-state index is 0.145. The molecule has 0 spiro atoms. The number of carbonyl (C=O) groups excluding carboxylic acids is 1. The van der Waals surface area contributed by atoms with Crippen LogP contribution >= 0.6 is 22.9 Å². The largest absolute Gasteiger partial charge is 0.300 e. The van der Waals surface area contributed by atoms with Gasteiger partial charge < -0.3 is 5.32 Å². The van der Waals surface area contributed by atoms with Crippen molar-refractivity contribution in [1.82, 2.24) is 10.2 Å². The molecule has 1 aromatic carbocycles. The summed E-state index contributed by atoms with van der Waals surface area (Å²) in [5, 5.41) is 10.5. The first-order valence-electron chi connectivity index (χ1n) is 6.60. The van der Waals surface area contributed by atoms with E-state index in [9.17, 15) is 13.2 Å². The molecule has 2 aromatic rings. The van der Waals surface area contributed by atoms with Gasteiger partial charge in [0.05, 0.1) is 5.69 Å². The van der Waals surface area contributed by atoms with Crippen LogP contribution in [0.25, 0.3) is 0 Å². The van der Waals surface area contributed by atoms with E-state index in [-0.39, 0.29) is 21.3 Å². The van der Waals surface area contributed by atoms with Crippen LogP contribution in [-0.4, -0.2) is 31.6 Å². The number of halogens is 1. The maximum Gasteiger partial charge on any atom is 0.293 e. The molecule has 1 N–H and O–H groups in total. The van der Waals surface area contributed by atoms with Crippen LogP contribution in [0, 0.1) is 5.92 Å². The van der Waals surface area contributed by atoms with Crippen molar-refractivity contribution in [1.29, 1.82) is 0 Å². The third kappa shape index (κ3) is 3.98. The number of rotatable bonds is 5. The molecule has 0 fully saturated rings. The lowest BCUT2D eigenvalue weighted by Crippen LogP contribution is -2.26. The quantitative estimate of drug-likeness (QED) is 0.812. The van der Waals surface area contributed by atoms with Gasteiger partial charge in [0.2, 0.25) is 11.0 Å². The Balaban J connectivity index is 2.24. The summed E-state index contributed by atoms with van der Waals surface area (Å²) in [6.07, 6.45) is 0. The Labute approximate surface area is 143 Å². The second kappa shape index (κ2) is 6.81. The number of nitrogens with zero attached hydrogens (tertiary/aromatic N) is 3. The summed E-state index contributed by atoms with van der Waals surface area (Å²) in [6, 6.07) is 6.36. The average Bonchev–Trinajstić information content (AvgIpc) is 2.96. The fourth-order valence-electron chi connectivity index (χ4n) is 1.52. The van der Waals surface area contributed by atoms with E-state index < -0.39 is 10.0 Å². The Hall–Kier alpha value is -1.71. The summed E-state index contributed by atoms with van der Waals surface area (Å²) >= 11 is 6.60. The molecule has 0 bridgehead atoms. The summed E-state index contributed by atoms with van der Waals surface area (Å²) in [6.45, 7) is 3.45. The maximum atomic E-state index is 12.5. The molecular formula is C13H15ClN4O3S2. The minimum atomic E-state index is -3.86. The lowest BCUT2D eigenvalue weighted by Gasteiger charge is -2.17. The predicted octanol–water partition coefficient (Wildman–Crippen LogP) is 2.61. The van der Waals surface area contributed by atoms with Gasteiger partial charge in [0.15, 0.2) is 0 Å². The molecule has 0 radical (unpaired) electrons. The number of hydrogen-bond donors (Lipinski definition) is 1. The molecular weight excluding hydrogens is 360 g/mol. The zero-order valence-corrected chi connectivity index (χ0v) is 15.0. The molecule has 0 unspecified atom stereocenters. The molecule has 124 valence electrons. The van der Waals surface area contributed by atoms with Crippen LogP contribution in [-0.2, 0) is 14.8 Å². The number of anilines is 2. The lowest BCUT2D eigenvalue weighted by molar-refractivity contribution is -0.118. The van der Waals surface area contributed by atoms with E-state index in [0.29, 0.717) is 10.7 Å². The highest BCUT2D eigenvalue weighted by molar-refractivity contribution is 7.94. The molecule has 0 saturated heterocycles. The minimum Gasteiger partial charge on any atom is -0.300 e. The second-order valence-electron chi connectivity index (χ2n) is 4.97. The van der Waals surface area contributed by atoms with Crippen molar-refractivity contribution in [2.75, 3.05) is 16.7 Å². The summed E-state index contributed by atoms with van der Waals surface area (Å²) in [5.74, 6) is -0.494. The van der Waals surface area contributed by atoms with Crippen LogP contribution in [0.15, 0.2) is 28.6 Å². The van der Waals surface area contributed by atoms with Gasteiger partial charge in [-0.05, 0) is 24.3 Å². The van der Waals surface area contributed by atoms with Crippen LogP contribution in [0.5, 0.6) is 0 Å². The van der Waals surface area contributed by atoms with E-state index >= 15 is 0 Å². The van der Waals surface area contributed by atoms with Gasteiger partial charge in [-0.1, -0.05) is 36.8 Å². The standard InChI is InChI=1S/C13H15ClN4O3S2/c1-8(2)11(19)15-12-16-17-13(22-12)23(20,21)18(3)10-6-4-9(14)5-7-10/h4-8H,1-3H3,(H,15,16,19). The van der Waals surface area contributed by atoms with Gasteiger partial charge >= 0.3 is 0 Å². The molecule has 0 atom stereocenters. The van der Waals surface area contributed by atoms with E-state index in [1.165, 1.54) is 7.05 Å².